The van der Waals surface area contributed by atoms with Gasteiger partial charge in [-0.05, 0) is 54.8 Å². The zero-order chi connectivity index (χ0) is 18.4. The van der Waals surface area contributed by atoms with E-state index in [2.05, 4.69) is 10.6 Å². The van der Waals surface area contributed by atoms with Crippen molar-refractivity contribution in [3.8, 4) is 0 Å². The van der Waals surface area contributed by atoms with E-state index in [4.69, 9.17) is 0 Å². The second kappa shape index (κ2) is 8.39. The molecule has 1 unspecified atom stereocenters. The van der Waals surface area contributed by atoms with Crippen LogP contribution in [0.15, 0.2) is 42.5 Å². The highest BCUT2D eigenvalue weighted by molar-refractivity contribution is 5.96. The number of nitrogens with one attached hydrogen (secondary N) is 2. The Morgan fingerprint density at radius 3 is 2.36 bits per heavy atom. The molecule has 0 aromatic heterocycles. The van der Waals surface area contributed by atoms with Gasteiger partial charge in [0.2, 0.25) is 5.91 Å². The zero-order valence-electron chi connectivity index (χ0n) is 14.2. The quantitative estimate of drug-likeness (QED) is 0.750. The fourth-order valence-corrected chi connectivity index (χ4v) is 2.22. The predicted molar refractivity (Wildman–Crippen MR) is 92.6 cm³/mol. The first kappa shape index (κ1) is 18.6. The Kier molecular flexibility index (Phi) is 6.25. The molecule has 0 bridgehead atoms. The van der Waals surface area contributed by atoms with Crippen molar-refractivity contribution in [2.75, 3.05) is 13.1 Å². The van der Waals surface area contributed by atoms with Gasteiger partial charge in [0.1, 0.15) is 5.82 Å². The lowest BCUT2D eigenvalue weighted by molar-refractivity contribution is -0.120. The molecule has 6 heteroatoms. The van der Waals surface area contributed by atoms with Gasteiger partial charge in [-0.1, -0.05) is 18.2 Å². The van der Waals surface area contributed by atoms with Gasteiger partial charge in [-0.15, -0.1) is 0 Å². The Balaban J connectivity index is 1.79. The molecule has 0 fully saturated rings. The minimum absolute atomic E-state index is 0.0238. The van der Waals surface area contributed by atoms with Crippen molar-refractivity contribution in [3.63, 3.8) is 0 Å². The summed E-state index contributed by atoms with van der Waals surface area (Å²) >= 11 is 0. The molecule has 132 valence electrons. The van der Waals surface area contributed by atoms with Gasteiger partial charge in [0.25, 0.3) is 5.91 Å². The Hall–Kier alpha value is -2.73. The lowest BCUT2D eigenvalue weighted by Gasteiger charge is -2.13. The normalized spacial score (nSPS) is 11.7. The third-order valence-electron chi connectivity index (χ3n) is 3.93. The number of halogens is 1. The Labute approximate surface area is 145 Å². The predicted octanol–water partition coefficient (Wildman–Crippen LogP) is 2.02. The third-order valence-corrected chi connectivity index (χ3v) is 3.93. The molecule has 0 saturated carbocycles. The fraction of sp³-hybridized carbons (Fsp3) is 0.263. The molecular weight excluding hydrogens is 323 g/mol. The van der Waals surface area contributed by atoms with Crippen LogP contribution in [0.2, 0.25) is 0 Å². The number of aryl methyl sites for hydroxylation is 2. The van der Waals surface area contributed by atoms with Crippen LogP contribution < -0.4 is 10.6 Å². The molecule has 5 nitrogen and oxygen atoms in total. The van der Waals surface area contributed by atoms with Crippen LogP contribution in [-0.2, 0) is 4.79 Å². The fourth-order valence-electron chi connectivity index (χ4n) is 2.22. The van der Waals surface area contributed by atoms with Crippen LogP contribution in [0.4, 0.5) is 4.39 Å². The molecule has 1 atom stereocenters. The minimum atomic E-state index is -0.944. The summed E-state index contributed by atoms with van der Waals surface area (Å²) in [6, 6.07) is 10.7. The van der Waals surface area contributed by atoms with Crippen molar-refractivity contribution >= 4 is 11.8 Å². The van der Waals surface area contributed by atoms with Crippen LogP contribution in [0.5, 0.6) is 0 Å². The second-order valence-corrected chi connectivity index (χ2v) is 5.85. The standard InChI is InChI=1S/C19H21FN2O3/c1-12-3-4-15(9-13(12)2)19(25)22-11-18(24)21-10-17(23)14-5-7-16(20)8-6-14/h3-9,17,23H,10-11H2,1-2H3,(H,21,24)(H,22,25). The van der Waals surface area contributed by atoms with Gasteiger partial charge < -0.3 is 15.7 Å². The number of aliphatic hydroxyl groups is 1. The lowest BCUT2D eigenvalue weighted by Crippen LogP contribution is -2.38. The largest absolute Gasteiger partial charge is 0.387 e. The number of carbonyl (C=O) groups excluding carboxylic acids is 2. The molecule has 0 saturated heterocycles. The van der Waals surface area contributed by atoms with Gasteiger partial charge in [-0.3, -0.25) is 9.59 Å². The van der Waals surface area contributed by atoms with Gasteiger partial charge in [-0.2, -0.15) is 0 Å². The molecule has 0 aliphatic rings. The number of carbonyl (C=O) groups is 2. The number of amides is 2. The van der Waals surface area contributed by atoms with E-state index in [1.165, 1.54) is 24.3 Å². The first-order chi connectivity index (χ1) is 11.9. The van der Waals surface area contributed by atoms with Crippen LogP contribution in [0.1, 0.15) is 33.2 Å². The molecule has 2 aromatic carbocycles. The average Bonchev–Trinajstić information content (AvgIpc) is 2.60. The van der Waals surface area contributed by atoms with Crippen molar-refractivity contribution in [1.29, 1.82) is 0 Å². The first-order valence-corrected chi connectivity index (χ1v) is 7.92. The van der Waals surface area contributed by atoms with Crippen LogP contribution in [0.25, 0.3) is 0 Å². The molecule has 2 rings (SSSR count). The van der Waals surface area contributed by atoms with Crippen molar-refractivity contribution < 1.29 is 19.1 Å². The molecule has 0 spiro atoms. The number of hydrogen-bond donors (Lipinski definition) is 3. The smallest absolute Gasteiger partial charge is 0.251 e. The summed E-state index contributed by atoms with van der Waals surface area (Å²) in [5.74, 6) is -1.15. The summed E-state index contributed by atoms with van der Waals surface area (Å²) in [6.45, 7) is 3.65. The number of benzene rings is 2. The molecular formula is C19H21FN2O3. The van der Waals surface area contributed by atoms with Crippen LogP contribution >= 0.6 is 0 Å². The van der Waals surface area contributed by atoms with E-state index < -0.39 is 17.8 Å². The molecule has 0 aliphatic carbocycles. The summed E-state index contributed by atoms with van der Waals surface area (Å²) in [7, 11) is 0. The van der Waals surface area contributed by atoms with Crippen LogP contribution in [-0.4, -0.2) is 30.0 Å². The number of rotatable bonds is 6. The van der Waals surface area contributed by atoms with Gasteiger partial charge in [-0.25, -0.2) is 4.39 Å². The second-order valence-electron chi connectivity index (χ2n) is 5.85. The monoisotopic (exact) mass is 344 g/mol. The molecule has 2 aromatic rings. The molecule has 25 heavy (non-hydrogen) atoms. The zero-order valence-corrected chi connectivity index (χ0v) is 14.2. The molecule has 2 amide bonds. The van der Waals surface area contributed by atoms with Gasteiger partial charge in [0, 0.05) is 12.1 Å². The van der Waals surface area contributed by atoms with Gasteiger partial charge in [0.05, 0.1) is 12.6 Å². The summed E-state index contributed by atoms with van der Waals surface area (Å²) in [4.78, 5) is 23.8. The third kappa shape index (κ3) is 5.39. The molecule has 0 heterocycles. The highest BCUT2D eigenvalue weighted by Gasteiger charge is 2.12. The topological polar surface area (TPSA) is 78.4 Å². The van der Waals surface area contributed by atoms with E-state index >= 15 is 0 Å². The van der Waals surface area contributed by atoms with E-state index in [0.29, 0.717) is 11.1 Å². The van der Waals surface area contributed by atoms with Crippen molar-refractivity contribution in [1.82, 2.24) is 10.6 Å². The van der Waals surface area contributed by atoms with E-state index in [1.807, 2.05) is 19.9 Å². The Morgan fingerprint density at radius 1 is 1.04 bits per heavy atom. The highest BCUT2D eigenvalue weighted by Crippen LogP contribution is 2.12. The van der Waals surface area contributed by atoms with Crippen molar-refractivity contribution in [2.45, 2.75) is 20.0 Å². The van der Waals surface area contributed by atoms with Crippen molar-refractivity contribution in [3.05, 3.63) is 70.5 Å². The lowest BCUT2D eigenvalue weighted by atomic mass is 10.1. The Morgan fingerprint density at radius 2 is 1.72 bits per heavy atom. The van der Waals surface area contributed by atoms with Crippen molar-refractivity contribution in [2.24, 2.45) is 0 Å². The molecule has 0 aliphatic heterocycles. The summed E-state index contributed by atoms with van der Waals surface area (Å²) < 4.78 is 12.8. The maximum Gasteiger partial charge on any atom is 0.251 e. The van der Waals surface area contributed by atoms with E-state index in [9.17, 15) is 19.1 Å². The minimum Gasteiger partial charge on any atom is -0.387 e. The van der Waals surface area contributed by atoms with E-state index in [0.717, 1.165) is 11.1 Å². The molecule has 3 N–H and O–H groups in total. The van der Waals surface area contributed by atoms with E-state index in [-0.39, 0.29) is 19.0 Å². The SMILES string of the molecule is Cc1ccc(C(=O)NCC(=O)NCC(O)c2ccc(F)cc2)cc1C. The van der Waals surface area contributed by atoms with Crippen LogP contribution in [0.3, 0.4) is 0 Å². The highest BCUT2D eigenvalue weighted by atomic mass is 19.1. The first-order valence-electron chi connectivity index (χ1n) is 7.92. The van der Waals surface area contributed by atoms with E-state index in [1.54, 1.807) is 12.1 Å². The summed E-state index contributed by atoms with van der Waals surface area (Å²) in [6.07, 6.45) is -0.944. The maximum absolute atomic E-state index is 12.8. The Bertz CT molecular complexity index is 760. The van der Waals surface area contributed by atoms with Crippen LogP contribution in [0, 0.1) is 19.7 Å². The summed E-state index contributed by atoms with van der Waals surface area (Å²) in [5, 5.41) is 15.0. The molecule has 0 radical (unpaired) electrons. The average molecular weight is 344 g/mol. The number of aliphatic hydroxyl groups excluding tert-OH is 1. The maximum atomic E-state index is 12.8. The van der Waals surface area contributed by atoms with Gasteiger partial charge in [0.15, 0.2) is 0 Å². The summed E-state index contributed by atoms with van der Waals surface area (Å²) in [5.41, 5.74) is 3.08. The number of hydrogen-bond acceptors (Lipinski definition) is 3. The van der Waals surface area contributed by atoms with Gasteiger partial charge >= 0.3 is 0 Å².